The van der Waals surface area contributed by atoms with Gasteiger partial charge in [-0.15, -0.1) is 0 Å². The van der Waals surface area contributed by atoms with Crippen molar-refractivity contribution in [3.63, 3.8) is 0 Å². The number of hydrogen-bond donors (Lipinski definition) is 0. The Labute approximate surface area is 146 Å². The Kier molecular flexibility index (Phi) is 4.65. The van der Waals surface area contributed by atoms with E-state index in [2.05, 4.69) is 9.97 Å². The predicted octanol–water partition coefficient (Wildman–Crippen LogP) is 4.24. The van der Waals surface area contributed by atoms with Gasteiger partial charge >= 0.3 is 5.97 Å². The Morgan fingerprint density at radius 1 is 1.12 bits per heavy atom. The summed E-state index contributed by atoms with van der Waals surface area (Å²) in [6.07, 6.45) is 3.43. The number of esters is 1. The van der Waals surface area contributed by atoms with E-state index in [4.69, 9.17) is 9.15 Å². The van der Waals surface area contributed by atoms with Crippen molar-refractivity contribution in [2.24, 2.45) is 0 Å². The van der Waals surface area contributed by atoms with Gasteiger partial charge in [-0.05, 0) is 32.9 Å². The van der Waals surface area contributed by atoms with E-state index in [0.29, 0.717) is 24.0 Å². The molecule has 3 rings (SSSR count). The molecule has 0 fully saturated rings. The minimum Gasteiger partial charge on any atom is -0.465 e. The van der Waals surface area contributed by atoms with Crippen LogP contribution < -0.4 is 0 Å². The lowest BCUT2D eigenvalue weighted by atomic mass is 9.94. The maximum Gasteiger partial charge on any atom is 0.320 e. The van der Waals surface area contributed by atoms with Gasteiger partial charge < -0.3 is 9.15 Å². The van der Waals surface area contributed by atoms with Crippen LogP contribution in [0.1, 0.15) is 26.7 Å². The number of rotatable bonds is 5. The minimum atomic E-state index is -0.986. The Morgan fingerprint density at radius 3 is 2.48 bits per heavy atom. The zero-order valence-electron chi connectivity index (χ0n) is 14.5. The molecule has 2 heterocycles. The molecule has 0 N–H and O–H groups in total. The van der Waals surface area contributed by atoms with Crippen LogP contribution in [0.4, 0.5) is 0 Å². The summed E-state index contributed by atoms with van der Waals surface area (Å²) < 4.78 is 11.2. The molecule has 0 amide bonds. The standard InChI is InChI=1S/C20H20N2O3/c1-4-24-19(23)20(2,3)18-22-16(15-11-8-12-21-13-15)17(25-18)14-9-6-5-7-10-14/h5-13H,4H2,1-3H3. The maximum atomic E-state index is 12.3. The molecule has 3 aromatic rings. The van der Waals surface area contributed by atoms with E-state index < -0.39 is 5.41 Å². The highest BCUT2D eigenvalue weighted by molar-refractivity contribution is 5.82. The van der Waals surface area contributed by atoms with Crippen LogP contribution in [0.2, 0.25) is 0 Å². The summed E-state index contributed by atoms with van der Waals surface area (Å²) >= 11 is 0. The third-order valence-electron chi connectivity index (χ3n) is 3.92. The number of hydrogen-bond acceptors (Lipinski definition) is 5. The zero-order chi connectivity index (χ0) is 17.9. The molecule has 0 atom stereocenters. The molecule has 128 valence electrons. The SMILES string of the molecule is CCOC(=O)C(C)(C)c1nc(-c2cccnc2)c(-c2ccccc2)o1. The van der Waals surface area contributed by atoms with Crippen LogP contribution in [-0.4, -0.2) is 22.5 Å². The van der Waals surface area contributed by atoms with Crippen LogP contribution in [0.3, 0.4) is 0 Å². The van der Waals surface area contributed by atoms with E-state index in [-0.39, 0.29) is 5.97 Å². The van der Waals surface area contributed by atoms with Gasteiger partial charge in [0.15, 0.2) is 5.76 Å². The molecule has 0 spiro atoms. The summed E-state index contributed by atoms with van der Waals surface area (Å²) in [5, 5.41) is 0. The average Bonchev–Trinajstić information content (AvgIpc) is 3.09. The van der Waals surface area contributed by atoms with Crippen molar-refractivity contribution in [1.82, 2.24) is 9.97 Å². The fourth-order valence-corrected chi connectivity index (χ4v) is 2.47. The van der Waals surface area contributed by atoms with Gasteiger partial charge in [0.25, 0.3) is 0 Å². The van der Waals surface area contributed by atoms with E-state index in [9.17, 15) is 4.79 Å². The molecule has 5 heteroatoms. The Morgan fingerprint density at radius 2 is 1.84 bits per heavy atom. The summed E-state index contributed by atoms with van der Waals surface area (Å²) in [6.45, 7) is 5.58. The summed E-state index contributed by atoms with van der Waals surface area (Å²) in [5.74, 6) is 0.568. The molecule has 5 nitrogen and oxygen atoms in total. The van der Waals surface area contributed by atoms with Gasteiger partial charge in [0.1, 0.15) is 11.1 Å². The zero-order valence-corrected chi connectivity index (χ0v) is 14.5. The van der Waals surface area contributed by atoms with Crippen molar-refractivity contribution in [3.8, 4) is 22.6 Å². The van der Waals surface area contributed by atoms with Gasteiger partial charge in [0, 0.05) is 23.5 Å². The molecule has 1 aromatic carbocycles. The average molecular weight is 336 g/mol. The first-order valence-corrected chi connectivity index (χ1v) is 8.18. The second-order valence-electron chi connectivity index (χ2n) is 6.15. The fraction of sp³-hybridized carbons (Fsp3) is 0.250. The lowest BCUT2D eigenvalue weighted by Crippen LogP contribution is -2.31. The van der Waals surface area contributed by atoms with Crippen molar-refractivity contribution in [2.45, 2.75) is 26.2 Å². The number of nitrogens with zero attached hydrogens (tertiary/aromatic N) is 2. The van der Waals surface area contributed by atoms with Gasteiger partial charge in [-0.25, -0.2) is 4.98 Å². The van der Waals surface area contributed by atoms with E-state index in [1.807, 2.05) is 42.5 Å². The van der Waals surface area contributed by atoms with E-state index >= 15 is 0 Å². The van der Waals surface area contributed by atoms with E-state index in [1.165, 1.54) is 0 Å². The monoisotopic (exact) mass is 336 g/mol. The van der Waals surface area contributed by atoms with Crippen molar-refractivity contribution in [1.29, 1.82) is 0 Å². The largest absolute Gasteiger partial charge is 0.465 e. The molecule has 0 saturated carbocycles. The molecule has 0 unspecified atom stereocenters. The fourth-order valence-electron chi connectivity index (χ4n) is 2.47. The van der Waals surface area contributed by atoms with Crippen LogP contribution >= 0.6 is 0 Å². The lowest BCUT2D eigenvalue weighted by molar-refractivity contribution is -0.149. The lowest BCUT2D eigenvalue weighted by Gasteiger charge is -2.18. The van der Waals surface area contributed by atoms with Crippen molar-refractivity contribution in [2.75, 3.05) is 6.61 Å². The summed E-state index contributed by atoms with van der Waals surface area (Å²) in [4.78, 5) is 21.1. The summed E-state index contributed by atoms with van der Waals surface area (Å²) in [5.41, 5.74) is 1.39. The first kappa shape index (κ1) is 16.9. The molecular weight excluding hydrogens is 316 g/mol. The summed E-state index contributed by atoms with van der Waals surface area (Å²) in [6, 6.07) is 13.4. The highest BCUT2D eigenvalue weighted by Crippen LogP contribution is 2.36. The normalized spacial score (nSPS) is 11.3. The van der Waals surface area contributed by atoms with Gasteiger partial charge in [-0.2, -0.15) is 0 Å². The van der Waals surface area contributed by atoms with Gasteiger partial charge in [0.05, 0.1) is 6.61 Å². The van der Waals surface area contributed by atoms with E-state index in [1.54, 1.807) is 33.2 Å². The van der Waals surface area contributed by atoms with Crippen molar-refractivity contribution in [3.05, 3.63) is 60.7 Å². The van der Waals surface area contributed by atoms with Gasteiger partial charge in [-0.1, -0.05) is 30.3 Å². The number of carbonyl (C=O) groups is 1. The molecular formula is C20H20N2O3. The van der Waals surface area contributed by atoms with E-state index in [0.717, 1.165) is 11.1 Å². The Balaban J connectivity index is 2.14. The number of carbonyl (C=O) groups excluding carboxylic acids is 1. The smallest absolute Gasteiger partial charge is 0.320 e. The van der Waals surface area contributed by atoms with Crippen LogP contribution in [0, 0.1) is 0 Å². The van der Waals surface area contributed by atoms with Crippen LogP contribution in [0.15, 0.2) is 59.3 Å². The molecule has 0 aliphatic heterocycles. The topological polar surface area (TPSA) is 65.2 Å². The number of pyridine rings is 1. The number of ether oxygens (including phenoxy) is 1. The quantitative estimate of drug-likeness (QED) is 0.652. The number of benzene rings is 1. The first-order valence-electron chi connectivity index (χ1n) is 8.18. The molecule has 25 heavy (non-hydrogen) atoms. The molecule has 0 saturated heterocycles. The van der Waals surface area contributed by atoms with Crippen LogP contribution in [0.5, 0.6) is 0 Å². The molecule has 2 aromatic heterocycles. The molecule has 0 aliphatic carbocycles. The minimum absolute atomic E-state index is 0.310. The Hall–Kier alpha value is -2.95. The second kappa shape index (κ2) is 6.89. The Bertz CT molecular complexity index is 798. The maximum absolute atomic E-state index is 12.3. The van der Waals surface area contributed by atoms with Gasteiger partial charge in [0.2, 0.25) is 5.89 Å². The summed E-state index contributed by atoms with van der Waals surface area (Å²) in [7, 11) is 0. The highest BCUT2D eigenvalue weighted by Gasteiger charge is 2.38. The van der Waals surface area contributed by atoms with Gasteiger partial charge in [-0.3, -0.25) is 9.78 Å². The molecule has 0 radical (unpaired) electrons. The third kappa shape index (κ3) is 3.31. The number of aromatic nitrogens is 2. The second-order valence-corrected chi connectivity index (χ2v) is 6.15. The first-order chi connectivity index (χ1) is 12.0. The van der Waals surface area contributed by atoms with Crippen molar-refractivity contribution >= 4 is 5.97 Å². The van der Waals surface area contributed by atoms with Crippen molar-refractivity contribution < 1.29 is 13.9 Å². The number of oxazole rings is 1. The predicted molar refractivity (Wildman–Crippen MR) is 94.8 cm³/mol. The molecule has 0 bridgehead atoms. The van der Waals surface area contributed by atoms with Crippen LogP contribution in [0.25, 0.3) is 22.6 Å². The molecule has 0 aliphatic rings. The highest BCUT2D eigenvalue weighted by atomic mass is 16.5. The third-order valence-corrected chi connectivity index (χ3v) is 3.92. The van der Waals surface area contributed by atoms with Crippen LogP contribution in [-0.2, 0) is 14.9 Å².